The zero-order valence-electron chi connectivity index (χ0n) is 10.5. The normalized spacial score (nSPS) is 9.81. The van der Waals surface area contributed by atoms with Crippen LogP contribution < -0.4 is 10.6 Å². The molecular formula is C14H8F3N3O. The third kappa shape index (κ3) is 3.30. The van der Waals surface area contributed by atoms with Crippen LogP contribution in [0.2, 0.25) is 0 Å². The van der Waals surface area contributed by atoms with Gasteiger partial charge in [0.25, 0.3) is 0 Å². The van der Waals surface area contributed by atoms with Crippen LogP contribution in [0.1, 0.15) is 5.56 Å². The summed E-state index contributed by atoms with van der Waals surface area (Å²) in [6.45, 7) is 0. The van der Waals surface area contributed by atoms with E-state index in [1.165, 1.54) is 12.1 Å². The minimum atomic E-state index is -0.954. The number of carbonyl (C=O) groups is 1. The number of carbonyl (C=O) groups excluding carboxylic acids is 1. The lowest BCUT2D eigenvalue weighted by Gasteiger charge is -2.09. The number of nitriles is 1. The zero-order chi connectivity index (χ0) is 15.4. The molecule has 21 heavy (non-hydrogen) atoms. The van der Waals surface area contributed by atoms with Gasteiger partial charge in [-0.05, 0) is 24.3 Å². The van der Waals surface area contributed by atoms with Crippen molar-refractivity contribution in [1.29, 1.82) is 5.26 Å². The van der Waals surface area contributed by atoms with Crippen LogP contribution in [0.25, 0.3) is 0 Å². The van der Waals surface area contributed by atoms with E-state index in [2.05, 4.69) is 10.6 Å². The van der Waals surface area contributed by atoms with E-state index in [1.807, 2.05) is 0 Å². The fourth-order valence-corrected chi connectivity index (χ4v) is 1.61. The van der Waals surface area contributed by atoms with E-state index in [4.69, 9.17) is 5.26 Å². The Morgan fingerprint density at radius 1 is 1.00 bits per heavy atom. The molecular weight excluding hydrogens is 283 g/mol. The first-order valence-corrected chi connectivity index (χ1v) is 5.73. The summed E-state index contributed by atoms with van der Waals surface area (Å²) < 4.78 is 39.4. The maximum atomic E-state index is 13.4. The van der Waals surface area contributed by atoms with Gasteiger partial charge >= 0.3 is 6.03 Å². The van der Waals surface area contributed by atoms with Gasteiger partial charge in [0.2, 0.25) is 0 Å². The van der Waals surface area contributed by atoms with Crippen LogP contribution in [0, 0.1) is 28.8 Å². The highest BCUT2D eigenvalue weighted by atomic mass is 19.1. The van der Waals surface area contributed by atoms with E-state index in [0.29, 0.717) is 6.07 Å². The lowest BCUT2D eigenvalue weighted by Crippen LogP contribution is -2.21. The van der Waals surface area contributed by atoms with Gasteiger partial charge in [0, 0.05) is 6.07 Å². The minimum absolute atomic E-state index is 0.0579. The molecule has 2 N–H and O–H groups in total. The molecule has 0 radical (unpaired) electrons. The molecule has 0 bridgehead atoms. The van der Waals surface area contributed by atoms with Crippen molar-refractivity contribution in [2.24, 2.45) is 0 Å². The van der Waals surface area contributed by atoms with Crippen molar-refractivity contribution in [1.82, 2.24) is 0 Å². The number of nitrogens with one attached hydrogen (secondary N) is 2. The van der Waals surface area contributed by atoms with Crippen molar-refractivity contribution >= 4 is 17.4 Å². The van der Waals surface area contributed by atoms with Gasteiger partial charge in [-0.15, -0.1) is 0 Å². The molecule has 7 heteroatoms. The summed E-state index contributed by atoms with van der Waals surface area (Å²) in [4.78, 5) is 11.7. The lowest BCUT2D eigenvalue weighted by molar-refractivity contribution is 0.262. The Morgan fingerprint density at radius 3 is 2.38 bits per heavy atom. The molecule has 0 aliphatic carbocycles. The molecule has 0 spiro atoms. The Labute approximate surface area is 117 Å². The smallest absolute Gasteiger partial charge is 0.306 e. The summed E-state index contributed by atoms with van der Waals surface area (Å²) in [5.41, 5.74) is -0.645. The highest BCUT2D eigenvalue weighted by Gasteiger charge is 2.12. The summed E-state index contributed by atoms with van der Waals surface area (Å²) in [5, 5.41) is 13.2. The quantitative estimate of drug-likeness (QED) is 0.887. The summed E-state index contributed by atoms with van der Waals surface area (Å²) >= 11 is 0. The highest BCUT2D eigenvalue weighted by molar-refractivity contribution is 6.00. The van der Waals surface area contributed by atoms with E-state index in [9.17, 15) is 18.0 Å². The molecule has 0 aromatic heterocycles. The molecule has 106 valence electrons. The third-order valence-corrected chi connectivity index (χ3v) is 2.55. The largest absolute Gasteiger partial charge is 0.323 e. The van der Waals surface area contributed by atoms with E-state index >= 15 is 0 Å². The average molecular weight is 291 g/mol. The van der Waals surface area contributed by atoms with Gasteiger partial charge < -0.3 is 10.6 Å². The summed E-state index contributed by atoms with van der Waals surface area (Å²) in [6, 6.07) is 7.05. The van der Waals surface area contributed by atoms with Crippen LogP contribution in [0.15, 0.2) is 36.4 Å². The number of amides is 2. The topological polar surface area (TPSA) is 64.9 Å². The summed E-state index contributed by atoms with van der Waals surface area (Å²) in [5.74, 6) is -2.52. The number of hydrogen-bond donors (Lipinski definition) is 2. The molecule has 2 amide bonds. The maximum absolute atomic E-state index is 13.4. The number of halogens is 3. The van der Waals surface area contributed by atoms with Crippen molar-refractivity contribution < 1.29 is 18.0 Å². The fraction of sp³-hybridized carbons (Fsp3) is 0. The van der Waals surface area contributed by atoms with Crippen LogP contribution in [-0.2, 0) is 0 Å². The SMILES string of the molecule is N#Cc1c(F)cccc1NC(=O)Nc1ccc(F)cc1F. The number of urea groups is 1. The van der Waals surface area contributed by atoms with Crippen LogP contribution in [0.3, 0.4) is 0 Å². The van der Waals surface area contributed by atoms with Crippen LogP contribution in [0.5, 0.6) is 0 Å². The monoisotopic (exact) mass is 291 g/mol. The number of rotatable bonds is 2. The van der Waals surface area contributed by atoms with Crippen molar-refractivity contribution in [3.05, 3.63) is 59.4 Å². The molecule has 0 aliphatic rings. The van der Waals surface area contributed by atoms with E-state index in [-0.39, 0.29) is 16.9 Å². The Morgan fingerprint density at radius 2 is 1.71 bits per heavy atom. The molecule has 2 rings (SSSR count). The molecule has 0 aliphatic heterocycles. The van der Waals surface area contributed by atoms with Crippen molar-refractivity contribution in [3.8, 4) is 6.07 Å². The standard InChI is InChI=1S/C14H8F3N3O/c15-8-4-5-13(11(17)6-8)20-14(21)19-12-3-1-2-10(16)9(12)7-18/h1-6H,(H2,19,20,21). The average Bonchev–Trinajstić information content (AvgIpc) is 2.42. The first-order valence-electron chi connectivity index (χ1n) is 5.73. The Bertz CT molecular complexity index is 741. The summed E-state index contributed by atoms with van der Waals surface area (Å²) in [7, 11) is 0. The fourth-order valence-electron chi connectivity index (χ4n) is 1.61. The number of hydrogen-bond acceptors (Lipinski definition) is 2. The van der Waals surface area contributed by atoms with Crippen LogP contribution >= 0.6 is 0 Å². The Balaban J connectivity index is 2.16. The van der Waals surface area contributed by atoms with Gasteiger partial charge in [-0.2, -0.15) is 5.26 Å². The van der Waals surface area contributed by atoms with Gasteiger partial charge in [0.05, 0.1) is 11.4 Å². The Hall–Kier alpha value is -3.01. The lowest BCUT2D eigenvalue weighted by atomic mass is 10.2. The van der Waals surface area contributed by atoms with E-state index < -0.39 is 23.5 Å². The van der Waals surface area contributed by atoms with Crippen molar-refractivity contribution in [3.63, 3.8) is 0 Å². The maximum Gasteiger partial charge on any atom is 0.323 e. The predicted molar refractivity (Wildman–Crippen MR) is 70.1 cm³/mol. The number of nitrogens with zero attached hydrogens (tertiary/aromatic N) is 1. The molecule has 2 aromatic carbocycles. The van der Waals surface area contributed by atoms with Gasteiger partial charge in [-0.25, -0.2) is 18.0 Å². The number of benzene rings is 2. The van der Waals surface area contributed by atoms with Gasteiger partial charge in [0.15, 0.2) is 0 Å². The second kappa shape index (κ2) is 5.96. The van der Waals surface area contributed by atoms with Gasteiger partial charge in [-0.3, -0.25) is 0 Å². The molecule has 2 aromatic rings. The predicted octanol–water partition coefficient (Wildman–Crippen LogP) is 3.62. The molecule has 0 atom stereocenters. The zero-order valence-corrected chi connectivity index (χ0v) is 10.5. The molecule has 0 saturated heterocycles. The van der Waals surface area contributed by atoms with E-state index in [1.54, 1.807) is 6.07 Å². The van der Waals surface area contributed by atoms with Crippen LogP contribution in [-0.4, -0.2) is 6.03 Å². The minimum Gasteiger partial charge on any atom is -0.306 e. The van der Waals surface area contributed by atoms with Gasteiger partial charge in [-0.1, -0.05) is 6.07 Å². The van der Waals surface area contributed by atoms with Crippen LogP contribution in [0.4, 0.5) is 29.3 Å². The van der Waals surface area contributed by atoms with Crippen molar-refractivity contribution in [2.45, 2.75) is 0 Å². The first-order chi connectivity index (χ1) is 10.0. The third-order valence-electron chi connectivity index (χ3n) is 2.55. The number of anilines is 2. The molecule has 0 heterocycles. The molecule has 0 unspecified atom stereocenters. The second-order valence-electron chi connectivity index (χ2n) is 3.98. The molecule has 0 saturated carbocycles. The van der Waals surface area contributed by atoms with Gasteiger partial charge in [0.1, 0.15) is 29.1 Å². The van der Waals surface area contributed by atoms with Crippen molar-refractivity contribution in [2.75, 3.05) is 10.6 Å². The first kappa shape index (κ1) is 14.4. The molecule has 4 nitrogen and oxygen atoms in total. The molecule has 0 fully saturated rings. The second-order valence-corrected chi connectivity index (χ2v) is 3.98. The van der Waals surface area contributed by atoms with E-state index in [0.717, 1.165) is 18.2 Å². The highest BCUT2D eigenvalue weighted by Crippen LogP contribution is 2.19. The summed E-state index contributed by atoms with van der Waals surface area (Å²) in [6.07, 6.45) is 0. The Kier molecular flexibility index (Phi) is 4.09.